The van der Waals surface area contributed by atoms with Crippen LogP contribution in [0, 0.1) is 0 Å². The lowest BCUT2D eigenvalue weighted by atomic mass is 10.3. The molecule has 3 aromatic heterocycles. The lowest BCUT2D eigenvalue weighted by Gasteiger charge is -2.03. The molecular formula is C11H10F3N7S. The van der Waals surface area contributed by atoms with Gasteiger partial charge in [-0.05, 0) is 30.3 Å². The van der Waals surface area contributed by atoms with Crippen molar-refractivity contribution in [1.29, 1.82) is 0 Å². The molecule has 0 bridgehead atoms. The molecule has 3 heterocycles. The first-order valence-corrected chi connectivity index (χ1v) is 7.18. The number of aromatic nitrogens is 7. The van der Waals surface area contributed by atoms with E-state index in [1.165, 1.54) is 6.07 Å². The number of rotatable bonds is 4. The highest BCUT2D eigenvalue weighted by Crippen LogP contribution is 2.29. The van der Waals surface area contributed by atoms with Gasteiger partial charge >= 0.3 is 6.18 Å². The molecule has 11 heteroatoms. The number of alkyl halides is 3. The third-order valence-corrected chi connectivity index (χ3v) is 3.48. The Morgan fingerprint density at radius 1 is 1.27 bits per heavy atom. The molecule has 0 fully saturated rings. The number of halogens is 3. The molecule has 0 amide bonds. The number of aromatic amines is 1. The Balaban J connectivity index is 1.90. The highest BCUT2D eigenvalue weighted by molar-refractivity contribution is 7.99. The second-order valence-corrected chi connectivity index (χ2v) is 5.37. The van der Waals surface area contributed by atoms with Crippen LogP contribution in [0.15, 0.2) is 22.3 Å². The van der Waals surface area contributed by atoms with E-state index in [1.54, 1.807) is 6.07 Å². The molecule has 3 aromatic rings. The number of nitrogens with zero attached hydrogens (tertiary/aromatic N) is 6. The van der Waals surface area contributed by atoms with Crippen LogP contribution in [0.5, 0.6) is 0 Å². The van der Waals surface area contributed by atoms with Gasteiger partial charge in [0.25, 0.3) is 5.82 Å². The van der Waals surface area contributed by atoms with E-state index in [4.69, 9.17) is 0 Å². The first-order valence-electron chi connectivity index (χ1n) is 6.36. The van der Waals surface area contributed by atoms with Gasteiger partial charge in [0.1, 0.15) is 10.9 Å². The molecule has 0 atom stereocenters. The summed E-state index contributed by atoms with van der Waals surface area (Å²) >= 11 is 1.06. The molecule has 3 rings (SSSR count). The molecular weight excluding hydrogens is 319 g/mol. The Hall–Kier alpha value is -2.17. The Labute approximate surface area is 126 Å². The third-order valence-electron chi connectivity index (χ3n) is 2.69. The molecule has 0 saturated carbocycles. The Kier molecular flexibility index (Phi) is 3.72. The minimum absolute atomic E-state index is 0.0262. The maximum atomic E-state index is 12.8. The fourth-order valence-corrected chi connectivity index (χ4v) is 2.46. The molecule has 0 spiro atoms. The summed E-state index contributed by atoms with van der Waals surface area (Å²) in [5.74, 6) is -0.432. The van der Waals surface area contributed by atoms with Crippen LogP contribution >= 0.6 is 11.8 Å². The van der Waals surface area contributed by atoms with Crippen LogP contribution in [0.25, 0.3) is 5.65 Å². The van der Waals surface area contributed by atoms with Crippen LogP contribution in [0.1, 0.15) is 25.0 Å². The summed E-state index contributed by atoms with van der Waals surface area (Å²) in [6.45, 7) is 2.01. The lowest BCUT2D eigenvalue weighted by Crippen LogP contribution is -2.12. The second-order valence-electron chi connectivity index (χ2n) is 4.38. The minimum Gasteiger partial charge on any atom is -0.262 e. The Morgan fingerprint density at radius 2 is 2.09 bits per heavy atom. The highest BCUT2D eigenvalue weighted by atomic mass is 32.2. The van der Waals surface area contributed by atoms with Gasteiger partial charge in [0.05, 0.1) is 0 Å². The molecule has 0 radical (unpaired) electrons. The van der Waals surface area contributed by atoms with E-state index in [9.17, 15) is 13.2 Å². The molecule has 0 aromatic carbocycles. The summed E-state index contributed by atoms with van der Waals surface area (Å²) < 4.78 is 39.1. The zero-order chi connectivity index (χ0) is 15.7. The average molecular weight is 329 g/mol. The van der Waals surface area contributed by atoms with Crippen LogP contribution in [0.3, 0.4) is 0 Å². The maximum absolute atomic E-state index is 12.8. The van der Waals surface area contributed by atoms with Gasteiger partial charge in [-0.3, -0.25) is 5.10 Å². The van der Waals surface area contributed by atoms with Crippen molar-refractivity contribution in [3.8, 4) is 0 Å². The molecule has 0 aliphatic rings. The van der Waals surface area contributed by atoms with E-state index in [1.807, 2.05) is 6.92 Å². The first kappa shape index (κ1) is 14.8. The van der Waals surface area contributed by atoms with E-state index in [-0.39, 0.29) is 5.65 Å². The van der Waals surface area contributed by atoms with Crippen molar-refractivity contribution in [1.82, 2.24) is 35.0 Å². The van der Waals surface area contributed by atoms with Crippen molar-refractivity contribution in [2.75, 3.05) is 0 Å². The van der Waals surface area contributed by atoms with Gasteiger partial charge in [0.2, 0.25) is 5.16 Å². The zero-order valence-corrected chi connectivity index (χ0v) is 12.1. The van der Waals surface area contributed by atoms with E-state index < -0.39 is 12.0 Å². The van der Waals surface area contributed by atoms with E-state index in [0.717, 1.165) is 30.4 Å². The lowest BCUT2D eigenvalue weighted by molar-refractivity contribution is -0.146. The second kappa shape index (κ2) is 5.55. The van der Waals surface area contributed by atoms with Crippen molar-refractivity contribution in [3.63, 3.8) is 0 Å². The molecule has 1 N–H and O–H groups in total. The number of nitrogens with one attached hydrogen (secondary N) is 1. The van der Waals surface area contributed by atoms with Gasteiger partial charge in [0, 0.05) is 6.42 Å². The van der Waals surface area contributed by atoms with Crippen LogP contribution in [0.2, 0.25) is 0 Å². The van der Waals surface area contributed by atoms with Gasteiger partial charge in [-0.2, -0.15) is 22.8 Å². The average Bonchev–Trinajstić information content (AvgIpc) is 3.05. The molecule has 116 valence electrons. The van der Waals surface area contributed by atoms with Crippen molar-refractivity contribution in [3.05, 3.63) is 23.8 Å². The smallest absolute Gasteiger partial charge is 0.262 e. The van der Waals surface area contributed by atoms with Crippen molar-refractivity contribution >= 4 is 17.4 Å². The standard InChI is InChI=1S/C11H10F3N7S/c1-2-3-6-15-10(19-16-6)22-8-5-4-7-17-18-9(11(12,13)14)21(7)20-8/h4-5H,2-3H2,1H3,(H,15,16,19). The van der Waals surface area contributed by atoms with Crippen LogP contribution < -0.4 is 0 Å². The van der Waals surface area contributed by atoms with E-state index in [0.29, 0.717) is 14.7 Å². The number of aryl methyl sites for hydroxylation is 1. The predicted molar refractivity (Wildman–Crippen MR) is 70.3 cm³/mol. The quantitative estimate of drug-likeness (QED) is 0.791. The van der Waals surface area contributed by atoms with Crippen LogP contribution in [-0.2, 0) is 12.6 Å². The van der Waals surface area contributed by atoms with Crippen molar-refractivity contribution < 1.29 is 13.2 Å². The summed E-state index contributed by atoms with van der Waals surface area (Å²) in [7, 11) is 0. The molecule has 0 saturated heterocycles. The molecule has 0 unspecified atom stereocenters. The van der Waals surface area contributed by atoms with Crippen molar-refractivity contribution in [2.45, 2.75) is 36.1 Å². The number of hydrogen-bond donors (Lipinski definition) is 1. The first-order chi connectivity index (χ1) is 10.5. The van der Waals surface area contributed by atoms with Gasteiger partial charge in [0.15, 0.2) is 5.65 Å². The van der Waals surface area contributed by atoms with Crippen LogP contribution in [0.4, 0.5) is 13.2 Å². The summed E-state index contributed by atoms with van der Waals surface area (Å²) in [4.78, 5) is 4.23. The zero-order valence-electron chi connectivity index (χ0n) is 11.3. The summed E-state index contributed by atoms with van der Waals surface area (Å²) in [5, 5.41) is 17.9. The third kappa shape index (κ3) is 2.89. The molecule has 0 aliphatic carbocycles. The predicted octanol–water partition coefficient (Wildman–Crippen LogP) is 2.36. The molecule has 22 heavy (non-hydrogen) atoms. The monoisotopic (exact) mass is 329 g/mol. The van der Waals surface area contributed by atoms with E-state index in [2.05, 4.69) is 30.5 Å². The molecule has 0 aliphatic heterocycles. The number of hydrogen-bond acceptors (Lipinski definition) is 6. The highest BCUT2D eigenvalue weighted by Gasteiger charge is 2.37. The number of fused-ring (bicyclic) bond motifs is 1. The summed E-state index contributed by atoms with van der Waals surface area (Å²) in [5.41, 5.74) is 0.0262. The maximum Gasteiger partial charge on any atom is 0.453 e. The Morgan fingerprint density at radius 3 is 2.82 bits per heavy atom. The SMILES string of the molecule is CCCc1nc(Sc2ccc3nnc(C(F)(F)F)n3n2)n[nH]1. The number of H-pyrrole nitrogens is 1. The van der Waals surface area contributed by atoms with Crippen molar-refractivity contribution in [2.24, 2.45) is 0 Å². The van der Waals surface area contributed by atoms with Gasteiger partial charge < -0.3 is 0 Å². The fourth-order valence-electron chi connectivity index (χ4n) is 1.77. The van der Waals surface area contributed by atoms with Gasteiger partial charge in [-0.25, -0.2) is 4.98 Å². The Bertz CT molecular complexity index is 794. The van der Waals surface area contributed by atoms with Gasteiger partial charge in [-0.1, -0.05) is 6.92 Å². The largest absolute Gasteiger partial charge is 0.453 e. The van der Waals surface area contributed by atoms with Gasteiger partial charge in [-0.15, -0.1) is 15.3 Å². The summed E-state index contributed by atoms with van der Waals surface area (Å²) in [6, 6.07) is 2.96. The minimum atomic E-state index is -4.62. The fraction of sp³-hybridized carbons (Fsp3) is 0.364. The molecule has 7 nitrogen and oxygen atoms in total. The summed E-state index contributed by atoms with van der Waals surface area (Å²) in [6.07, 6.45) is -2.95. The van der Waals surface area contributed by atoms with E-state index >= 15 is 0 Å². The normalized spacial score (nSPS) is 12.2. The topological polar surface area (TPSA) is 84.7 Å². The van der Waals surface area contributed by atoms with Crippen LogP contribution in [-0.4, -0.2) is 35.0 Å².